The van der Waals surface area contributed by atoms with Crippen molar-refractivity contribution in [3.8, 4) is 0 Å². The van der Waals surface area contributed by atoms with E-state index in [1.807, 2.05) is 6.07 Å². The van der Waals surface area contributed by atoms with Gasteiger partial charge in [-0.1, -0.05) is 13.8 Å². The number of likely N-dealkylation sites (tertiary alicyclic amines) is 1. The molecule has 1 aliphatic rings. The number of hydrogen-bond donors (Lipinski definition) is 2. The molecule has 2 rings (SSSR count). The summed E-state index contributed by atoms with van der Waals surface area (Å²) in [5.74, 6) is -1.87. The van der Waals surface area contributed by atoms with E-state index in [-0.39, 0.29) is 11.8 Å². The minimum Gasteiger partial charge on any atom is -0.481 e. The van der Waals surface area contributed by atoms with E-state index in [4.69, 9.17) is 5.11 Å². The number of carboxylic acids is 1. The second-order valence-corrected chi connectivity index (χ2v) is 5.55. The van der Waals surface area contributed by atoms with E-state index in [0.717, 1.165) is 18.5 Å². The Labute approximate surface area is 118 Å². The zero-order valence-electron chi connectivity index (χ0n) is 11.9. The summed E-state index contributed by atoms with van der Waals surface area (Å²) in [4.78, 5) is 25.2. The lowest BCUT2D eigenvalue weighted by molar-refractivity contribution is -0.149. The van der Waals surface area contributed by atoms with E-state index in [1.165, 1.54) is 0 Å². The summed E-state index contributed by atoms with van der Waals surface area (Å²) >= 11 is 0. The van der Waals surface area contributed by atoms with Crippen LogP contribution in [0.2, 0.25) is 0 Å². The molecule has 1 aliphatic heterocycles. The Balaban J connectivity index is 2.01. The van der Waals surface area contributed by atoms with Crippen molar-refractivity contribution < 1.29 is 14.7 Å². The lowest BCUT2D eigenvalue weighted by atomic mass is 9.91. The van der Waals surface area contributed by atoms with Gasteiger partial charge in [0.2, 0.25) is 5.91 Å². The Morgan fingerprint density at radius 2 is 2.20 bits per heavy atom. The maximum absolute atomic E-state index is 12.4. The first-order valence-electron chi connectivity index (χ1n) is 7.01. The number of nitrogens with zero attached hydrogens (tertiary/aromatic N) is 2. The molecular weight excluding hydrogens is 258 g/mol. The standard InChI is InChI=1S/C14H21N3O3/c1-9(10(2)14(19)20)13(18)17-7-3-4-11(8-17)12-5-6-15-16-12/h5-6,9-11H,3-4,7-8H2,1-2H3,(H,15,16)(H,19,20). The first-order chi connectivity index (χ1) is 9.50. The molecule has 2 N–H and O–H groups in total. The number of aromatic amines is 1. The molecule has 6 heteroatoms. The molecule has 0 saturated carbocycles. The summed E-state index contributed by atoms with van der Waals surface area (Å²) < 4.78 is 0. The number of carbonyl (C=O) groups excluding carboxylic acids is 1. The van der Waals surface area contributed by atoms with Crippen LogP contribution in [0.5, 0.6) is 0 Å². The maximum Gasteiger partial charge on any atom is 0.307 e. The van der Waals surface area contributed by atoms with Crippen LogP contribution in [0.15, 0.2) is 12.3 Å². The van der Waals surface area contributed by atoms with E-state index in [9.17, 15) is 9.59 Å². The summed E-state index contributed by atoms with van der Waals surface area (Å²) in [7, 11) is 0. The fraction of sp³-hybridized carbons (Fsp3) is 0.643. The summed E-state index contributed by atoms with van der Waals surface area (Å²) in [6, 6.07) is 1.93. The number of amides is 1. The first-order valence-corrected chi connectivity index (χ1v) is 7.01. The third kappa shape index (κ3) is 3.00. The van der Waals surface area contributed by atoms with Crippen LogP contribution in [0.25, 0.3) is 0 Å². The van der Waals surface area contributed by atoms with E-state index in [1.54, 1.807) is 24.9 Å². The van der Waals surface area contributed by atoms with Crippen LogP contribution in [0.1, 0.15) is 38.3 Å². The van der Waals surface area contributed by atoms with E-state index < -0.39 is 17.8 Å². The molecule has 20 heavy (non-hydrogen) atoms. The molecule has 0 spiro atoms. The van der Waals surface area contributed by atoms with Gasteiger partial charge in [0.25, 0.3) is 0 Å². The van der Waals surface area contributed by atoms with Crippen molar-refractivity contribution >= 4 is 11.9 Å². The molecule has 0 aromatic carbocycles. The van der Waals surface area contributed by atoms with Gasteiger partial charge in [0.05, 0.1) is 5.92 Å². The maximum atomic E-state index is 12.4. The van der Waals surface area contributed by atoms with E-state index in [0.29, 0.717) is 13.1 Å². The number of H-pyrrole nitrogens is 1. The SMILES string of the molecule is CC(C(=O)O)C(C)C(=O)N1CCCC(c2ccn[nH]2)C1. The smallest absolute Gasteiger partial charge is 0.307 e. The molecule has 3 atom stereocenters. The second kappa shape index (κ2) is 6.07. The van der Waals surface area contributed by atoms with Gasteiger partial charge in [0.1, 0.15) is 0 Å². The molecule has 6 nitrogen and oxygen atoms in total. The molecule has 1 aromatic heterocycles. The lowest BCUT2D eigenvalue weighted by Crippen LogP contribution is -2.44. The molecule has 1 saturated heterocycles. The van der Waals surface area contributed by atoms with Crippen LogP contribution >= 0.6 is 0 Å². The Bertz CT molecular complexity index is 472. The van der Waals surface area contributed by atoms with Gasteiger partial charge in [0, 0.05) is 36.8 Å². The molecule has 0 aliphatic carbocycles. The predicted molar refractivity (Wildman–Crippen MR) is 73.1 cm³/mol. The Hall–Kier alpha value is -1.85. The zero-order chi connectivity index (χ0) is 14.7. The minimum atomic E-state index is -0.923. The molecule has 1 fully saturated rings. The molecule has 1 aromatic rings. The molecule has 2 heterocycles. The number of aromatic nitrogens is 2. The van der Waals surface area contributed by atoms with Crippen LogP contribution < -0.4 is 0 Å². The number of carbonyl (C=O) groups is 2. The zero-order valence-corrected chi connectivity index (χ0v) is 11.9. The molecular formula is C14H21N3O3. The van der Waals surface area contributed by atoms with Crippen molar-refractivity contribution in [2.75, 3.05) is 13.1 Å². The topological polar surface area (TPSA) is 86.3 Å². The van der Waals surface area contributed by atoms with Gasteiger partial charge in [-0.15, -0.1) is 0 Å². The Morgan fingerprint density at radius 3 is 2.80 bits per heavy atom. The summed E-state index contributed by atoms with van der Waals surface area (Å²) in [5, 5.41) is 15.9. The highest BCUT2D eigenvalue weighted by Crippen LogP contribution is 2.27. The van der Waals surface area contributed by atoms with Gasteiger partial charge < -0.3 is 10.0 Å². The Kier molecular flexibility index (Phi) is 4.42. The molecule has 110 valence electrons. The third-order valence-corrected chi connectivity index (χ3v) is 4.22. The van der Waals surface area contributed by atoms with Crippen molar-refractivity contribution in [3.05, 3.63) is 18.0 Å². The van der Waals surface area contributed by atoms with Crippen molar-refractivity contribution in [2.45, 2.75) is 32.6 Å². The van der Waals surface area contributed by atoms with Gasteiger partial charge in [0.15, 0.2) is 0 Å². The van der Waals surface area contributed by atoms with Crippen LogP contribution in [0.3, 0.4) is 0 Å². The van der Waals surface area contributed by atoms with Crippen molar-refractivity contribution in [1.29, 1.82) is 0 Å². The van der Waals surface area contributed by atoms with Gasteiger partial charge in [-0.25, -0.2) is 0 Å². The Morgan fingerprint density at radius 1 is 1.45 bits per heavy atom. The quantitative estimate of drug-likeness (QED) is 0.874. The van der Waals surface area contributed by atoms with Gasteiger partial charge in [-0.3, -0.25) is 14.7 Å². The summed E-state index contributed by atoms with van der Waals surface area (Å²) in [5.41, 5.74) is 1.04. The molecule has 0 bridgehead atoms. The van der Waals surface area contributed by atoms with Gasteiger partial charge in [-0.2, -0.15) is 5.10 Å². The normalized spacial score (nSPS) is 22.3. The average molecular weight is 279 g/mol. The minimum absolute atomic E-state index is 0.0656. The van der Waals surface area contributed by atoms with Crippen LogP contribution in [-0.4, -0.2) is 45.2 Å². The molecule has 3 unspecified atom stereocenters. The van der Waals surface area contributed by atoms with Crippen molar-refractivity contribution in [2.24, 2.45) is 11.8 Å². The summed E-state index contributed by atoms with van der Waals surface area (Å²) in [6.07, 6.45) is 3.67. The lowest BCUT2D eigenvalue weighted by Gasteiger charge is -2.34. The van der Waals surface area contributed by atoms with Gasteiger partial charge in [-0.05, 0) is 18.9 Å². The first kappa shape index (κ1) is 14.6. The highest BCUT2D eigenvalue weighted by molar-refractivity contribution is 5.84. The third-order valence-electron chi connectivity index (χ3n) is 4.22. The summed E-state index contributed by atoms with van der Waals surface area (Å²) in [6.45, 7) is 4.63. The average Bonchev–Trinajstić information content (AvgIpc) is 2.99. The largest absolute Gasteiger partial charge is 0.481 e. The second-order valence-electron chi connectivity index (χ2n) is 5.55. The van der Waals surface area contributed by atoms with Gasteiger partial charge >= 0.3 is 5.97 Å². The molecule has 0 radical (unpaired) electrons. The van der Waals surface area contributed by atoms with Crippen LogP contribution in [-0.2, 0) is 9.59 Å². The van der Waals surface area contributed by atoms with E-state index in [2.05, 4.69) is 10.2 Å². The number of rotatable bonds is 4. The highest BCUT2D eigenvalue weighted by atomic mass is 16.4. The van der Waals surface area contributed by atoms with Crippen LogP contribution in [0.4, 0.5) is 0 Å². The highest BCUT2D eigenvalue weighted by Gasteiger charge is 2.32. The monoisotopic (exact) mass is 279 g/mol. The fourth-order valence-corrected chi connectivity index (χ4v) is 2.64. The number of aliphatic carboxylic acids is 1. The number of carboxylic acid groups (broad SMARTS) is 1. The van der Waals surface area contributed by atoms with Crippen molar-refractivity contribution in [3.63, 3.8) is 0 Å². The van der Waals surface area contributed by atoms with Crippen molar-refractivity contribution in [1.82, 2.24) is 15.1 Å². The predicted octanol–water partition coefficient (Wildman–Crippen LogP) is 1.47. The fourth-order valence-electron chi connectivity index (χ4n) is 2.64. The number of nitrogens with one attached hydrogen (secondary N) is 1. The van der Waals surface area contributed by atoms with E-state index >= 15 is 0 Å². The van der Waals surface area contributed by atoms with Crippen LogP contribution in [0, 0.1) is 11.8 Å². The number of hydrogen-bond acceptors (Lipinski definition) is 3. The number of piperidine rings is 1. The molecule has 1 amide bonds.